The molecule has 0 aliphatic carbocycles. The predicted octanol–water partition coefficient (Wildman–Crippen LogP) is 2.07. The lowest BCUT2D eigenvalue weighted by Gasteiger charge is -2.33. The number of carbonyl (C=O) groups is 1. The molecule has 3 heterocycles. The van der Waals surface area contributed by atoms with Crippen molar-refractivity contribution in [1.29, 1.82) is 0 Å². The Morgan fingerprint density at radius 2 is 1.92 bits per heavy atom. The summed E-state index contributed by atoms with van der Waals surface area (Å²) in [5.41, 5.74) is 1.60. The number of amides is 1. The van der Waals surface area contributed by atoms with Crippen molar-refractivity contribution in [2.45, 2.75) is 26.4 Å². The smallest absolute Gasteiger partial charge is 0.275 e. The fourth-order valence-electron chi connectivity index (χ4n) is 3.05. The second-order valence-electron chi connectivity index (χ2n) is 6.54. The third-order valence-electron chi connectivity index (χ3n) is 4.49. The largest absolute Gasteiger partial charge is 0.472 e. The Morgan fingerprint density at radius 1 is 1.20 bits per heavy atom. The second kappa shape index (κ2) is 8.31. The summed E-state index contributed by atoms with van der Waals surface area (Å²) in [6.45, 7) is 8.24. The van der Waals surface area contributed by atoms with E-state index in [0.717, 1.165) is 45.7 Å². The zero-order valence-electron chi connectivity index (χ0n) is 15.0. The molecule has 0 aromatic carbocycles. The van der Waals surface area contributed by atoms with Crippen LogP contribution in [0, 0.1) is 0 Å². The van der Waals surface area contributed by atoms with Crippen LogP contribution in [0.15, 0.2) is 33.7 Å². The Bertz CT molecular complexity index is 660. The van der Waals surface area contributed by atoms with Gasteiger partial charge in [0.15, 0.2) is 5.69 Å². The molecule has 0 spiro atoms. The zero-order chi connectivity index (χ0) is 17.6. The molecule has 1 aliphatic rings. The van der Waals surface area contributed by atoms with Crippen molar-refractivity contribution in [3.63, 3.8) is 0 Å². The van der Waals surface area contributed by atoms with Crippen LogP contribution in [-0.4, -0.2) is 65.4 Å². The van der Waals surface area contributed by atoms with Crippen LogP contribution >= 0.6 is 0 Å². The third kappa shape index (κ3) is 4.70. The minimum atomic E-state index is -0.0817. The monoisotopic (exact) mass is 346 g/mol. The van der Waals surface area contributed by atoms with Gasteiger partial charge in [0.05, 0.1) is 19.1 Å². The molecule has 0 bridgehead atoms. The van der Waals surface area contributed by atoms with Gasteiger partial charge in [0.25, 0.3) is 5.91 Å². The van der Waals surface area contributed by atoms with E-state index >= 15 is 0 Å². The maximum absolute atomic E-state index is 12.2. The fraction of sp³-hybridized carbons (Fsp3) is 0.556. The Hall–Kier alpha value is -2.12. The molecule has 7 heteroatoms. The van der Waals surface area contributed by atoms with Crippen LogP contribution in [0.4, 0.5) is 0 Å². The Labute approximate surface area is 148 Å². The lowest BCUT2D eigenvalue weighted by atomic mass is 10.2. The van der Waals surface area contributed by atoms with E-state index in [1.165, 1.54) is 11.8 Å². The van der Waals surface area contributed by atoms with E-state index in [0.29, 0.717) is 18.1 Å². The molecule has 1 saturated heterocycles. The summed E-state index contributed by atoms with van der Waals surface area (Å²) in [4.78, 5) is 23.0. The standard InChI is InChI=1S/C18H26N4O3/c1-3-5-20(2)18(23)16-14-25-17(19-16)12-22-8-6-21(7-9-22)11-15-4-10-24-13-15/h4,10,13-14H,3,5-9,11-12H2,1-2H3. The van der Waals surface area contributed by atoms with Crippen molar-refractivity contribution in [1.82, 2.24) is 19.7 Å². The number of oxazole rings is 1. The maximum Gasteiger partial charge on any atom is 0.275 e. The molecule has 0 unspecified atom stereocenters. The minimum Gasteiger partial charge on any atom is -0.472 e. The fourth-order valence-corrected chi connectivity index (χ4v) is 3.05. The summed E-state index contributed by atoms with van der Waals surface area (Å²) in [5, 5.41) is 0. The number of hydrogen-bond donors (Lipinski definition) is 0. The van der Waals surface area contributed by atoms with E-state index in [9.17, 15) is 4.79 Å². The van der Waals surface area contributed by atoms with Crippen molar-refractivity contribution in [2.24, 2.45) is 0 Å². The van der Waals surface area contributed by atoms with Crippen LogP contribution in [0.2, 0.25) is 0 Å². The number of carbonyl (C=O) groups excluding carboxylic acids is 1. The van der Waals surface area contributed by atoms with E-state index in [1.807, 2.05) is 13.0 Å². The van der Waals surface area contributed by atoms with Gasteiger partial charge < -0.3 is 13.7 Å². The Kier molecular flexibility index (Phi) is 5.88. The number of piperazine rings is 1. The normalized spacial score (nSPS) is 16.2. The molecule has 1 fully saturated rings. The number of furan rings is 1. The first-order chi connectivity index (χ1) is 12.2. The molecule has 0 atom stereocenters. The highest BCUT2D eigenvalue weighted by atomic mass is 16.3. The van der Waals surface area contributed by atoms with Crippen LogP contribution < -0.4 is 0 Å². The average molecular weight is 346 g/mol. The first kappa shape index (κ1) is 17.7. The summed E-state index contributed by atoms with van der Waals surface area (Å²) in [6.07, 6.45) is 5.91. The lowest BCUT2D eigenvalue weighted by molar-refractivity contribution is 0.0789. The highest BCUT2D eigenvalue weighted by Gasteiger charge is 2.21. The summed E-state index contributed by atoms with van der Waals surface area (Å²) in [7, 11) is 1.79. The molecule has 1 aliphatic heterocycles. The molecule has 1 amide bonds. The summed E-state index contributed by atoms with van der Waals surface area (Å²) in [6, 6.07) is 2.01. The van der Waals surface area contributed by atoms with Gasteiger partial charge in [-0.25, -0.2) is 4.98 Å². The number of rotatable bonds is 7. The molecule has 0 saturated carbocycles. The van der Waals surface area contributed by atoms with Gasteiger partial charge in [0, 0.05) is 51.9 Å². The highest BCUT2D eigenvalue weighted by molar-refractivity contribution is 5.91. The number of hydrogen-bond acceptors (Lipinski definition) is 6. The van der Waals surface area contributed by atoms with E-state index in [1.54, 1.807) is 24.5 Å². The predicted molar refractivity (Wildman–Crippen MR) is 93.0 cm³/mol. The van der Waals surface area contributed by atoms with Gasteiger partial charge in [-0.2, -0.15) is 0 Å². The van der Waals surface area contributed by atoms with Crippen molar-refractivity contribution < 1.29 is 13.6 Å². The van der Waals surface area contributed by atoms with Gasteiger partial charge in [-0.1, -0.05) is 6.92 Å². The molecule has 2 aromatic rings. The summed E-state index contributed by atoms with van der Waals surface area (Å²) < 4.78 is 10.6. The SMILES string of the molecule is CCCN(C)C(=O)c1coc(CN2CCN(Cc3ccoc3)CC2)n1. The molecule has 2 aromatic heterocycles. The maximum atomic E-state index is 12.2. The number of nitrogens with zero attached hydrogens (tertiary/aromatic N) is 4. The topological polar surface area (TPSA) is 66.0 Å². The second-order valence-corrected chi connectivity index (χ2v) is 6.54. The lowest BCUT2D eigenvalue weighted by Crippen LogP contribution is -2.45. The number of aromatic nitrogens is 1. The molecular formula is C18H26N4O3. The van der Waals surface area contributed by atoms with Gasteiger partial charge >= 0.3 is 0 Å². The van der Waals surface area contributed by atoms with Crippen LogP contribution in [0.5, 0.6) is 0 Å². The van der Waals surface area contributed by atoms with Crippen molar-refractivity contribution >= 4 is 5.91 Å². The molecule has 7 nitrogen and oxygen atoms in total. The van der Waals surface area contributed by atoms with Crippen LogP contribution in [0.3, 0.4) is 0 Å². The summed E-state index contributed by atoms with van der Waals surface area (Å²) >= 11 is 0. The van der Waals surface area contributed by atoms with Gasteiger partial charge in [-0.15, -0.1) is 0 Å². The highest BCUT2D eigenvalue weighted by Crippen LogP contribution is 2.12. The van der Waals surface area contributed by atoms with Crippen molar-refractivity contribution in [3.05, 3.63) is 42.0 Å². The molecule has 136 valence electrons. The first-order valence-electron chi connectivity index (χ1n) is 8.81. The Morgan fingerprint density at radius 3 is 2.56 bits per heavy atom. The van der Waals surface area contributed by atoms with Crippen LogP contribution in [-0.2, 0) is 13.1 Å². The quantitative estimate of drug-likeness (QED) is 0.765. The molecule has 25 heavy (non-hydrogen) atoms. The first-order valence-corrected chi connectivity index (χ1v) is 8.81. The molecule has 3 rings (SSSR count). The van der Waals surface area contributed by atoms with Crippen LogP contribution in [0.25, 0.3) is 0 Å². The molecular weight excluding hydrogens is 320 g/mol. The van der Waals surface area contributed by atoms with E-state index < -0.39 is 0 Å². The van der Waals surface area contributed by atoms with Gasteiger partial charge in [-0.3, -0.25) is 14.6 Å². The molecule has 0 N–H and O–H groups in total. The van der Waals surface area contributed by atoms with Crippen molar-refractivity contribution in [3.8, 4) is 0 Å². The van der Waals surface area contributed by atoms with Gasteiger partial charge in [-0.05, 0) is 12.5 Å². The molecule has 0 radical (unpaired) electrons. The summed E-state index contributed by atoms with van der Waals surface area (Å²) in [5.74, 6) is 0.526. The van der Waals surface area contributed by atoms with Gasteiger partial charge in [0.1, 0.15) is 6.26 Å². The zero-order valence-corrected chi connectivity index (χ0v) is 15.0. The van der Waals surface area contributed by atoms with Crippen molar-refractivity contribution in [2.75, 3.05) is 39.8 Å². The van der Waals surface area contributed by atoms with E-state index in [-0.39, 0.29) is 5.91 Å². The Balaban J connectivity index is 1.47. The minimum absolute atomic E-state index is 0.0817. The van der Waals surface area contributed by atoms with E-state index in [2.05, 4.69) is 14.8 Å². The third-order valence-corrected chi connectivity index (χ3v) is 4.49. The van der Waals surface area contributed by atoms with Gasteiger partial charge in [0.2, 0.25) is 5.89 Å². The van der Waals surface area contributed by atoms with Crippen LogP contribution in [0.1, 0.15) is 35.3 Å². The average Bonchev–Trinajstić information content (AvgIpc) is 3.28. The van der Waals surface area contributed by atoms with E-state index in [4.69, 9.17) is 8.83 Å².